The Morgan fingerprint density at radius 1 is 1.24 bits per heavy atom. The molecule has 0 aromatic heterocycles. The Balaban J connectivity index is 2.78. The van der Waals surface area contributed by atoms with Crippen molar-refractivity contribution in [2.45, 2.75) is 50.5 Å². The molecule has 0 aliphatic carbocycles. The molecule has 0 saturated carbocycles. The maximum Gasteiger partial charge on any atom is 0.303 e. The normalized spacial score (nSPS) is 13.2. The first-order valence-electron chi connectivity index (χ1n) is 7.11. The first-order chi connectivity index (χ1) is 9.95. The lowest BCUT2D eigenvalue weighted by molar-refractivity contribution is -0.144. The Kier molecular flexibility index (Phi) is 7.15. The van der Waals surface area contributed by atoms with Crippen LogP contribution in [0.15, 0.2) is 46.7 Å². The average molecular weight is 310 g/mol. The summed E-state index contributed by atoms with van der Waals surface area (Å²) in [5, 5.41) is 1.13. The van der Waals surface area contributed by atoms with Crippen molar-refractivity contribution in [2.24, 2.45) is 0 Å². The van der Waals surface area contributed by atoms with E-state index < -0.39 is 21.9 Å². The summed E-state index contributed by atoms with van der Waals surface area (Å²) in [6, 6.07) is 8.18. The number of benzene rings is 1. The van der Waals surface area contributed by atoms with Crippen LogP contribution in [0.2, 0.25) is 0 Å². The molecule has 4 nitrogen and oxygen atoms in total. The van der Waals surface area contributed by atoms with Crippen molar-refractivity contribution >= 4 is 15.8 Å². The van der Waals surface area contributed by atoms with Gasteiger partial charge in [0, 0.05) is 12.3 Å². The van der Waals surface area contributed by atoms with Crippen LogP contribution in [0.5, 0.6) is 0 Å². The Hall–Kier alpha value is -1.62. The number of rotatable bonds is 8. The molecule has 0 fully saturated rings. The molecule has 1 rings (SSSR count). The highest BCUT2D eigenvalue weighted by atomic mass is 32.2. The zero-order valence-electron chi connectivity index (χ0n) is 12.5. The fourth-order valence-corrected chi connectivity index (χ4v) is 2.96. The predicted molar refractivity (Wildman–Crippen MR) is 82.5 cm³/mol. The quantitative estimate of drug-likeness (QED) is 0.545. The molecule has 0 spiro atoms. The van der Waals surface area contributed by atoms with Crippen LogP contribution in [0, 0.1) is 0 Å². The monoisotopic (exact) mass is 310 g/mol. The summed E-state index contributed by atoms with van der Waals surface area (Å²) in [6.45, 7) is 3.41. The minimum absolute atomic E-state index is 0.233. The predicted octanol–water partition coefficient (Wildman–Crippen LogP) is 3.49. The van der Waals surface area contributed by atoms with E-state index in [1.54, 1.807) is 18.2 Å². The number of esters is 1. The van der Waals surface area contributed by atoms with Crippen molar-refractivity contribution in [3.05, 3.63) is 41.8 Å². The van der Waals surface area contributed by atoms with Gasteiger partial charge in [-0.1, -0.05) is 38.0 Å². The van der Waals surface area contributed by atoms with Crippen molar-refractivity contribution in [3.63, 3.8) is 0 Å². The molecule has 0 heterocycles. The van der Waals surface area contributed by atoms with E-state index in [-0.39, 0.29) is 4.90 Å². The van der Waals surface area contributed by atoms with Gasteiger partial charge >= 0.3 is 5.97 Å². The zero-order chi connectivity index (χ0) is 15.7. The van der Waals surface area contributed by atoms with E-state index in [1.807, 2.05) is 0 Å². The molecule has 0 saturated heterocycles. The molecule has 0 aliphatic heterocycles. The molecule has 0 bridgehead atoms. The minimum atomic E-state index is -3.49. The van der Waals surface area contributed by atoms with E-state index in [9.17, 15) is 13.2 Å². The highest BCUT2D eigenvalue weighted by Crippen LogP contribution is 2.14. The summed E-state index contributed by atoms with van der Waals surface area (Å²) in [6.07, 6.45) is 4.57. The molecule has 0 N–H and O–H groups in total. The Morgan fingerprint density at radius 3 is 2.48 bits per heavy atom. The molecule has 0 amide bonds. The molecular formula is C16H22O4S. The lowest BCUT2D eigenvalue weighted by Crippen LogP contribution is -2.14. The van der Waals surface area contributed by atoms with E-state index in [1.165, 1.54) is 25.1 Å². The molecule has 1 atom stereocenters. The first-order valence-corrected chi connectivity index (χ1v) is 8.66. The van der Waals surface area contributed by atoms with Crippen LogP contribution in [-0.4, -0.2) is 20.5 Å². The number of hydrogen-bond donors (Lipinski definition) is 0. The van der Waals surface area contributed by atoms with E-state index >= 15 is 0 Å². The molecule has 0 radical (unpaired) electrons. The summed E-state index contributed by atoms with van der Waals surface area (Å²) >= 11 is 0. The number of hydrogen-bond acceptors (Lipinski definition) is 4. The molecule has 0 aliphatic rings. The zero-order valence-corrected chi connectivity index (χ0v) is 13.3. The second kappa shape index (κ2) is 8.62. The van der Waals surface area contributed by atoms with Gasteiger partial charge < -0.3 is 4.74 Å². The molecule has 1 unspecified atom stereocenters. The van der Waals surface area contributed by atoms with Gasteiger partial charge in [0.15, 0.2) is 9.84 Å². The van der Waals surface area contributed by atoms with Gasteiger partial charge in [0.1, 0.15) is 6.10 Å². The van der Waals surface area contributed by atoms with Crippen molar-refractivity contribution in [2.75, 3.05) is 0 Å². The van der Waals surface area contributed by atoms with Crippen LogP contribution in [0.4, 0.5) is 0 Å². The maximum atomic E-state index is 12.1. The Bertz CT molecular complexity index is 561. The van der Waals surface area contributed by atoms with Gasteiger partial charge in [0.25, 0.3) is 0 Å². The number of sulfone groups is 1. The number of unbranched alkanes of at least 4 members (excludes halogenated alkanes) is 2. The standard InChI is InChI=1S/C16H22O4S/c1-3-4-6-9-15(20-14(2)17)12-13-21(18,19)16-10-7-5-8-11-16/h5,7-8,10-13,15H,3-4,6,9H2,1-2H3/b13-12-. The molecule has 5 heteroatoms. The molecular weight excluding hydrogens is 288 g/mol. The van der Waals surface area contributed by atoms with Crippen LogP contribution in [-0.2, 0) is 19.4 Å². The number of ether oxygens (including phenoxy) is 1. The average Bonchev–Trinajstić information content (AvgIpc) is 2.45. The van der Waals surface area contributed by atoms with Crippen LogP contribution in [0.3, 0.4) is 0 Å². The van der Waals surface area contributed by atoms with Crippen LogP contribution in [0.25, 0.3) is 0 Å². The SMILES string of the molecule is CCCCCC(/C=C\S(=O)(=O)c1ccccc1)OC(C)=O. The van der Waals surface area contributed by atoms with Gasteiger partial charge in [-0.25, -0.2) is 8.42 Å². The lowest BCUT2D eigenvalue weighted by Gasteiger charge is -2.12. The van der Waals surface area contributed by atoms with Crippen molar-refractivity contribution in [1.29, 1.82) is 0 Å². The fourth-order valence-electron chi connectivity index (χ4n) is 1.88. The van der Waals surface area contributed by atoms with Gasteiger partial charge in [0.05, 0.1) is 4.90 Å². The second-order valence-electron chi connectivity index (χ2n) is 4.83. The summed E-state index contributed by atoms with van der Waals surface area (Å²) in [5.41, 5.74) is 0. The summed E-state index contributed by atoms with van der Waals surface area (Å²) in [5.74, 6) is -0.404. The van der Waals surface area contributed by atoms with Crippen LogP contribution < -0.4 is 0 Å². The maximum absolute atomic E-state index is 12.1. The fraction of sp³-hybridized carbons (Fsp3) is 0.438. The van der Waals surface area contributed by atoms with Crippen LogP contribution in [0.1, 0.15) is 39.5 Å². The molecule has 1 aromatic carbocycles. The van der Waals surface area contributed by atoms with Gasteiger partial charge in [-0.15, -0.1) is 0 Å². The Morgan fingerprint density at radius 2 is 1.90 bits per heavy atom. The second-order valence-corrected chi connectivity index (χ2v) is 6.66. The van der Waals surface area contributed by atoms with E-state index in [0.29, 0.717) is 6.42 Å². The topological polar surface area (TPSA) is 60.4 Å². The van der Waals surface area contributed by atoms with Gasteiger partial charge in [-0.2, -0.15) is 0 Å². The molecule has 21 heavy (non-hydrogen) atoms. The number of carbonyl (C=O) groups excluding carboxylic acids is 1. The largest absolute Gasteiger partial charge is 0.458 e. The van der Waals surface area contributed by atoms with E-state index in [2.05, 4.69) is 6.92 Å². The van der Waals surface area contributed by atoms with Gasteiger partial charge in [-0.3, -0.25) is 4.79 Å². The molecule has 1 aromatic rings. The smallest absolute Gasteiger partial charge is 0.303 e. The third-order valence-corrected chi connectivity index (χ3v) is 4.40. The third kappa shape index (κ3) is 6.58. The van der Waals surface area contributed by atoms with Gasteiger partial charge in [0.2, 0.25) is 0 Å². The van der Waals surface area contributed by atoms with E-state index in [4.69, 9.17) is 4.74 Å². The highest BCUT2D eigenvalue weighted by molar-refractivity contribution is 7.94. The molecule has 116 valence electrons. The third-order valence-electron chi connectivity index (χ3n) is 2.95. The van der Waals surface area contributed by atoms with Gasteiger partial charge in [-0.05, 0) is 31.1 Å². The summed E-state index contributed by atoms with van der Waals surface area (Å²) in [4.78, 5) is 11.3. The van der Waals surface area contributed by atoms with Crippen molar-refractivity contribution < 1.29 is 17.9 Å². The van der Waals surface area contributed by atoms with E-state index in [0.717, 1.165) is 24.7 Å². The first kappa shape index (κ1) is 17.4. The summed E-state index contributed by atoms with van der Waals surface area (Å²) < 4.78 is 29.4. The summed E-state index contributed by atoms with van der Waals surface area (Å²) in [7, 11) is -3.49. The van der Waals surface area contributed by atoms with Crippen LogP contribution >= 0.6 is 0 Å². The minimum Gasteiger partial charge on any atom is -0.458 e. The van der Waals surface area contributed by atoms with Crippen molar-refractivity contribution in [1.82, 2.24) is 0 Å². The lowest BCUT2D eigenvalue weighted by atomic mass is 10.1. The number of carbonyl (C=O) groups is 1. The Labute approximate surface area is 126 Å². The highest BCUT2D eigenvalue weighted by Gasteiger charge is 2.13. The van der Waals surface area contributed by atoms with Crippen molar-refractivity contribution in [3.8, 4) is 0 Å².